The summed E-state index contributed by atoms with van der Waals surface area (Å²) in [6, 6.07) is 16.1. The lowest BCUT2D eigenvalue weighted by Crippen LogP contribution is -2.34. The van der Waals surface area contributed by atoms with Crippen LogP contribution in [-0.2, 0) is 4.79 Å². The van der Waals surface area contributed by atoms with Crippen LogP contribution >= 0.6 is 24.8 Å². The Bertz CT molecular complexity index is 753. The third kappa shape index (κ3) is 9.13. The lowest BCUT2D eigenvalue weighted by molar-refractivity contribution is -0.116. The van der Waals surface area contributed by atoms with Crippen LogP contribution in [0.3, 0.4) is 0 Å². The Balaban J connectivity index is 0.00000420. The molecule has 4 N–H and O–H groups in total. The van der Waals surface area contributed by atoms with Gasteiger partial charge in [0, 0.05) is 36.8 Å². The predicted molar refractivity (Wildman–Crippen MR) is 128 cm³/mol. The van der Waals surface area contributed by atoms with Gasteiger partial charge in [0.15, 0.2) is 0 Å². The van der Waals surface area contributed by atoms with Gasteiger partial charge in [0.2, 0.25) is 5.91 Å². The van der Waals surface area contributed by atoms with Crippen molar-refractivity contribution in [1.29, 1.82) is 0 Å². The van der Waals surface area contributed by atoms with Crippen LogP contribution in [0.25, 0.3) is 0 Å². The predicted octanol–water partition coefficient (Wildman–Crippen LogP) is 3.63. The first kappa shape index (κ1) is 27.9. The molecule has 1 unspecified atom stereocenters. The van der Waals surface area contributed by atoms with E-state index in [1.54, 1.807) is 24.3 Å². The number of anilines is 1. The fourth-order valence-corrected chi connectivity index (χ4v) is 2.90. The largest absolute Gasteiger partial charge is 0.351 e. The van der Waals surface area contributed by atoms with Crippen LogP contribution in [0, 0.1) is 0 Å². The fourth-order valence-electron chi connectivity index (χ4n) is 2.90. The Labute approximate surface area is 191 Å². The van der Waals surface area contributed by atoms with E-state index in [0.29, 0.717) is 17.8 Å². The molecule has 2 rings (SSSR count). The molecule has 166 valence electrons. The zero-order chi connectivity index (χ0) is 20.4. The Kier molecular flexibility index (Phi) is 13.8. The number of nitrogens with zero attached hydrogens (tertiary/aromatic N) is 1. The maximum absolute atomic E-state index is 12.2. The van der Waals surface area contributed by atoms with Gasteiger partial charge in [-0.25, -0.2) is 0 Å². The van der Waals surface area contributed by atoms with Crippen molar-refractivity contribution >= 4 is 42.3 Å². The molecule has 0 saturated heterocycles. The molecule has 0 aliphatic heterocycles. The van der Waals surface area contributed by atoms with E-state index in [9.17, 15) is 9.59 Å². The number of nitrogens with two attached hydrogens (primary N) is 1. The van der Waals surface area contributed by atoms with Gasteiger partial charge in [0.1, 0.15) is 0 Å². The third-order valence-electron chi connectivity index (χ3n) is 4.67. The molecule has 0 aliphatic carbocycles. The Morgan fingerprint density at radius 1 is 0.967 bits per heavy atom. The maximum atomic E-state index is 12.2. The van der Waals surface area contributed by atoms with Gasteiger partial charge in [-0.3, -0.25) is 9.59 Å². The van der Waals surface area contributed by atoms with Gasteiger partial charge in [-0.05, 0) is 42.9 Å². The van der Waals surface area contributed by atoms with E-state index in [0.717, 1.165) is 25.2 Å². The minimum Gasteiger partial charge on any atom is -0.351 e. The number of nitrogens with one attached hydrogen (secondary N) is 2. The molecular formula is C22H32Cl2N4O2. The quantitative estimate of drug-likeness (QED) is 0.511. The number of amides is 2. The molecule has 30 heavy (non-hydrogen) atoms. The van der Waals surface area contributed by atoms with Crippen molar-refractivity contribution in [2.75, 3.05) is 31.5 Å². The second-order valence-corrected chi connectivity index (χ2v) is 6.63. The Hall–Kier alpha value is -2.12. The van der Waals surface area contributed by atoms with Gasteiger partial charge in [0.05, 0.1) is 0 Å². The molecule has 0 heterocycles. The van der Waals surface area contributed by atoms with Crippen molar-refractivity contribution in [3.05, 3.63) is 65.7 Å². The lowest BCUT2D eigenvalue weighted by Gasteiger charge is -2.18. The zero-order valence-electron chi connectivity index (χ0n) is 17.5. The summed E-state index contributed by atoms with van der Waals surface area (Å²) in [6.07, 6.45) is 0.192. The molecule has 0 fully saturated rings. The highest BCUT2D eigenvalue weighted by Gasteiger charge is 2.12. The Morgan fingerprint density at radius 3 is 2.13 bits per heavy atom. The highest BCUT2D eigenvalue weighted by Crippen LogP contribution is 2.15. The number of likely N-dealkylation sites (N-methyl/N-ethyl adjacent to an activating group) is 1. The molecule has 0 spiro atoms. The first-order valence-corrected chi connectivity index (χ1v) is 9.74. The standard InChI is InChI=1S/C22H30N4O2.2ClH/c1-3-26(4-2)15-14-24-22(28)18-10-12-19(13-11-18)25-21(27)16-20(23)17-8-6-5-7-9-17;;/h5-13,20H,3-4,14-16,23H2,1-2H3,(H,24,28)(H,25,27);2*1H. The molecule has 6 nitrogen and oxygen atoms in total. The van der Waals surface area contributed by atoms with Crippen molar-refractivity contribution in [3.8, 4) is 0 Å². The van der Waals surface area contributed by atoms with E-state index >= 15 is 0 Å². The molecule has 8 heteroatoms. The van der Waals surface area contributed by atoms with Crippen molar-refractivity contribution < 1.29 is 9.59 Å². The highest BCUT2D eigenvalue weighted by atomic mass is 35.5. The van der Waals surface area contributed by atoms with E-state index in [2.05, 4.69) is 29.4 Å². The summed E-state index contributed by atoms with van der Waals surface area (Å²) in [4.78, 5) is 26.7. The summed E-state index contributed by atoms with van der Waals surface area (Å²) in [5.41, 5.74) is 8.22. The van der Waals surface area contributed by atoms with E-state index < -0.39 is 0 Å². The summed E-state index contributed by atoms with van der Waals surface area (Å²) in [5, 5.41) is 5.74. The van der Waals surface area contributed by atoms with Crippen LogP contribution in [0.4, 0.5) is 5.69 Å². The number of hydrogen-bond acceptors (Lipinski definition) is 4. The molecule has 1 atom stereocenters. The maximum Gasteiger partial charge on any atom is 0.251 e. The van der Waals surface area contributed by atoms with E-state index in [4.69, 9.17) is 5.73 Å². The van der Waals surface area contributed by atoms with E-state index in [1.807, 2.05) is 30.3 Å². The lowest BCUT2D eigenvalue weighted by atomic mass is 10.0. The number of benzene rings is 2. The average Bonchev–Trinajstić information content (AvgIpc) is 2.72. The molecule has 0 aromatic heterocycles. The van der Waals surface area contributed by atoms with Crippen LogP contribution in [-0.4, -0.2) is 42.9 Å². The minimum absolute atomic E-state index is 0. The smallest absolute Gasteiger partial charge is 0.251 e. The number of carbonyl (C=O) groups is 2. The molecule has 0 radical (unpaired) electrons. The molecular weight excluding hydrogens is 423 g/mol. The summed E-state index contributed by atoms with van der Waals surface area (Å²) >= 11 is 0. The summed E-state index contributed by atoms with van der Waals surface area (Å²) < 4.78 is 0. The fraction of sp³-hybridized carbons (Fsp3) is 0.364. The normalized spacial score (nSPS) is 11.1. The van der Waals surface area contributed by atoms with Crippen molar-refractivity contribution in [1.82, 2.24) is 10.2 Å². The first-order valence-electron chi connectivity index (χ1n) is 9.74. The zero-order valence-corrected chi connectivity index (χ0v) is 19.1. The van der Waals surface area contributed by atoms with Crippen LogP contribution in [0.5, 0.6) is 0 Å². The first-order chi connectivity index (χ1) is 13.5. The van der Waals surface area contributed by atoms with E-state index in [1.165, 1.54) is 0 Å². The number of rotatable bonds is 10. The topological polar surface area (TPSA) is 87.5 Å². The van der Waals surface area contributed by atoms with Crippen molar-refractivity contribution in [2.45, 2.75) is 26.3 Å². The molecule has 2 aromatic rings. The van der Waals surface area contributed by atoms with Gasteiger partial charge < -0.3 is 21.3 Å². The molecule has 2 amide bonds. The second-order valence-electron chi connectivity index (χ2n) is 6.63. The summed E-state index contributed by atoms with van der Waals surface area (Å²) in [5.74, 6) is -0.274. The molecule has 0 aliphatic rings. The average molecular weight is 455 g/mol. The van der Waals surface area contributed by atoms with Crippen molar-refractivity contribution in [2.24, 2.45) is 5.73 Å². The number of halogens is 2. The SMILES string of the molecule is CCN(CC)CCNC(=O)c1ccc(NC(=O)CC(N)c2ccccc2)cc1.Cl.Cl. The van der Waals surface area contributed by atoms with Crippen LogP contribution in [0.15, 0.2) is 54.6 Å². The van der Waals surface area contributed by atoms with Crippen molar-refractivity contribution in [3.63, 3.8) is 0 Å². The van der Waals surface area contributed by atoms with Gasteiger partial charge in [-0.1, -0.05) is 44.2 Å². The van der Waals surface area contributed by atoms with Crippen LogP contribution < -0.4 is 16.4 Å². The Morgan fingerprint density at radius 2 is 1.57 bits per heavy atom. The van der Waals surface area contributed by atoms with Crippen LogP contribution in [0.1, 0.15) is 42.2 Å². The van der Waals surface area contributed by atoms with E-state index in [-0.39, 0.29) is 49.1 Å². The number of hydrogen-bond donors (Lipinski definition) is 3. The number of carbonyl (C=O) groups excluding carboxylic acids is 2. The third-order valence-corrected chi connectivity index (χ3v) is 4.67. The van der Waals surface area contributed by atoms with Gasteiger partial charge in [-0.15, -0.1) is 24.8 Å². The monoisotopic (exact) mass is 454 g/mol. The second kappa shape index (κ2) is 14.8. The molecule has 2 aromatic carbocycles. The van der Waals surface area contributed by atoms with Gasteiger partial charge in [0.25, 0.3) is 5.91 Å². The summed E-state index contributed by atoms with van der Waals surface area (Å²) in [7, 11) is 0. The summed E-state index contributed by atoms with van der Waals surface area (Å²) in [6.45, 7) is 7.57. The minimum atomic E-state index is -0.350. The van der Waals surface area contributed by atoms with Gasteiger partial charge in [-0.2, -0.15) is 0 Å². The molecule has 0 bridgehead atoms. The molecule has 0 saturated carbocycles. The van der Waals surface area contributed by atoms with Gasteiger partial charge >= 0.3 is 0 Å². The van der Waals surface area contributed by atoms with Crippen LogP contribution in [0.2, 0.25) is 0 Å². The highest BCUT2D eigenvalue weighted by molar-refractivity contribution is 5.95.